The summed E-state index contributed by atoms with van der Waals surface area (Å²) in [7, 11) is 0. The van der Waals surface area contributed by atoms with E-state index in [1.54, 1.807) is 23.9 Å². The van der Waals surface area contributed by atoms with Crippen LogP contribution in [0.25, 0.3) is 0 Å². The first kappa shape index (κ1) is 19.7. The zero-order chi connectivity index (χ0) is 19.9. The summed E-state index contributed by atoms with van der Waals surface area (Å²) < 4.78 is 26.3. The summed E-state index contributed by atoms with van der Waals surface area (Å²) in [4.78, 5) is 2.22. The minimum Gasteiger partial charge on any atom is -0.493 e. The number of anilines is 1. The van der Waals surface area contributed by atoms with Crippen molar-refractivity contribution in [2.45, 2.75) is 11.7 Å². The van der Waals surface area contributed by atoms with Crippen molar-refractivity contribution < 1.29 is 13.9 Å². The molecule has 0 bridgehead atoms. The lowest BCUT2D eigenvalue weighted by atomic mass is 10.2. The molecule has 6 nitrogen and oxygen atoms in total. The van der Waals surface area contributed by atoms with E-state index in [9.17, 15) is 4.39 Å². The third kappa shape index (κ3) is 5.27. The molecule has 0 saturated carbocycles. The van der Waals surface area contributed by atoms with Crippen LogP contribution in [0.4, 0.5) is 10.3 Å². The fourth-order valence-electron chi connectivity index (χ4n) is 3.11. The molecule has 0 N–H and O–H groups in total. The van der Waals surface area contributed by atoms with Crippen LogP contribution in [0.5, 0.6) is 5.75 Å². The van der Waals surface area contributed by atoms with E-state index in [1.165, 1.54) is 17.7 Å². The van der Waals surface area contributed by atoms with Crippen LogP contribution in [0.1, 0.15) is 5.56 Å². The van der Waals surface area contributed by atoms with Crippen LogP contribution in [-0.4, -0.2) is 53.4 Å². The van der Waals surface area contributed by atoms with E-state index in [1.807, 2.05) is 18.2 Å². The van der Waals surface area contributed by atoms with Crippen molar-refractivity contribution in [2.75, 3.05) is 43.6 Å². The minimum atomic E-state index is -0.267. The summed E-state index contributed by atoms with van der Waals surface area (Å²) >= 11 is 1.61. The van der Waals surface area contributed by atoms with Crippen LogP contribution in [-0.2, 0) is 11.3 Å². The van der Waals surface area contributed by atoms with Gasteiger partial charge in [0, 0.05) is 18.8 Å². The third-order valence-electron chi connectivity index (χ3n) is 4.57. The maximum Gasteiger partial charge on any atom is 0.228 e. The zero-order valence-electron chi connectivity index (χ0n) is 16.0. The molecule has 152 valence electrons. The number of halogens is 1. The lowest BCUT2D eigenvalue weighted by molar-refractivity contribution is 0.121. The predicted octanol–water partition coefficient (Wildman–Crippen LogP) is 3.47. The van der Waals surface area contributed by atoms with E-state index in [0.29, 0.717) is 37.9 Å². The Bertz CT molecular complexity index is 899. The van der Waals surface area contributed by atoms with Crippen LogP contribution in [0, 0.1) is 5.82 Å². The van der Waals surface area contributed by atoms with E-state index < -0.39 is 0 Å². The number of aromatic nitrogens is 3. The number of nitrogens with zero attached hydrogens (tertiary/aromatic N) is 4. The van der Waals surface area contributed by atoms with E-state index in [2.05, 4.69) is 31.8 Å². The Balaban J connectivity index is 1.43. The molecule has 8 heteroatoms. The molecular formula is C21H23FN4O2S. The second kappa shape index (κ2) is 9.76. The van der Waals surface area contributed by atoms with Crippen molar-refractivity contribution in [1.29, 1.82) is 0 Å². The Hall–Kier alpha value is -2.58. The fourth-order valence-corrected chi connectivity index (χ4v) is 3.86. The van der Waals surface area contributed by atoms with Gasteiger partial charge in [0.15, 0.2) is 5.16 Å². The summed E-state index contributed by atoms with van der Waals surface area (Å²) in [6.45, 7) is 4.23. The molecule has 0 amide bonds. The molecule has 1 aliphatic rings. The lowest BCUT2D eigenvalue weighted by Crippen LogP contribution is -2.38. The molecule has 1 aliphatic heterocycles. The lowest BCUT2D eigenvalue weighted by Gasteiger charge is -2.28. The van der Waals surface area contributed by atoms with Gasteiger partial charge in [0.25, 0.3) is 0 Å². The Morgan fingerprint density at radius 2 is 1.76 bits per heavy atom. The highest BCUT2D eigenvalue weighted by Gasteiger charge is 2.20. The summed E-state index contributed by atoms with van der Waals surface area (Å²) in [5.41, 5.74) is 1.20. The van der Waals surface area contributed by atoms with Gasteiger partial charge in [-0.3, -0.25) is 4.57 Å². The smallest absolute Gasteiger partial charge is 0.228 e. The SMILES string of the molecule is Fc1ccc(OCCSc2nnc(N3CCOCC3)n2Cc2ccccc2)cc1. The van der Waals surface area contributed by atoms with Gasteiger partial charge in [-0.15, -0.1) is 10.2 Å². The van der Waals surface area contributed by atoms with E-state index in [-0.39, 0.29) is 5.82 Å². The van der Waals surface area contributed by atoms with Crippen LogP contribution in [0.2, 0.25) is 0 Å². The number of benzene rings is 2. The van der Waals surface area contributed by atoms with Crippen LogP contribution in [0.15, 0.2) is 59.8 Å². The predicted molar refractivity (Wildman–Crippen MR) is 111 cm³/mol. The second-order valence-electron chi connectivity index (χ2n) is 6.60. The average Bonchev–Trinajstić information content (AvgIpc) is 3.16. The van der Waals surface area contributed by atoms with Gasteiger partial charge in [-0.2, -0.15) is 0 Å². The zero-order valence-corrected chi connectivity index (χ0v) is 16.9. The molecule has 2 heterocycles. The first-order valence-electron chi connectivity index (χ1n) is 9.60. The molecule has 0 spiro atoms. The van der Waals surface area contributed by atoms with Gasteiger partial charge < -0.3 is 14.4 Å². The first-order valence-corrected chi connectivity index (χ1v) is 10.6. The minimum absolute atomic E-state index is 0.267. The average molecular weight is 415 g/mol. The summed E-state index contributed by atoms with van der Waals surface area (Å²) in [6, 6.07) is 16.4. The molecule has 1 aromatic heterocycles. The molecule has 1 saturated heterocycles. The number of ether oxygens (including phenoxy) is 2. The van der Waals surface area contributed by atoms with Gasteiger partial charge in [-0.1, -0.05) is 42.1 Å². The third-order valence-corrected chi connectivity index (χ3v) is 5.50. The summed E-state index contributed by atoms with van der Waals surface area (Å²) in [6.07, 6.45) is 0. The molecule has 0 aliphatic carbocycles. The number of hydrogen-bond donors (Lipinski definition) is 0. The molecular weight excluding hydrogens is 391 g/mol. The Kier molecular flexibility index (Phi) is 6.63. The number of rotatable bonds is 8. The maximum absolute atomic E-state index is 13.0. The largest absolute Gasteiger partial charge is 0.493 e. The van der Waals surface area contributed by atoms with E-state index >= 15 is 0 Å². The standard InChI is InChI=1S/C21H23FN4O2S/c22-18-6-8-19(9-7-18)28-14-15-29-21-24-23-20(25-10-12-27-13-11-25)26(21)16-17-4-2-1-3-5-17/h1-9H,10-16H2. The van der Waals surface area contributed by atoms with Crippen molar-refractivity contribution in [1.82, 2.24) is 14.8 Å². The Morgan fingerprint density at radius 1 is 1.00 bits per heavy atom. The van der Waals surface area contributed by atoms with Gasteiger partial charge in [-0.25, -0.2) is 4.39 Å². The molecule has 4 rings (SSSR count). The number of morpholine rings is 1. The van der Waals surface area contributed by atoms with Crippen molar-refractivity contribution >= 4 is 17.7 Å². The monoisotopic (exact) mass is 414 g/mol. The topological polar surface area (TPSA) is 52.4 Å². The Morgan fingerprint density at radius 3 is 2.52 bits per heavy atom. The highest BCUT2D eigenvalue weighted by Crippen LogP contribution is 2.24. The van der Waals surface area contributed by atoms with Crippen molar-refractivity contribution in [3.63, 3.8) is 0 Å². The Labute approximate surface area is 173 Å². The van der Waals surface area contributed by atoms with Gasteiger partial charge >= 0.3 is 0 Å². The molecule has 0 unspecified atom stereocenters. The summed E-state index contributed by atoms with van der Waals surface area (Å²) in [5, 5.41) is 9.75. The molecule has 3 aromatic rings. The second-order valence-corrected chi connectivity index (χ2v) is 7.67. The van der Waals surface area contributed by atoms with E-state index in [0.717, 1.165) is 24.2 Å². The molecule has 2 aromatic carbocycles. The van der Waals surface area contributed by atoms with Crippen molar-refractivity contribution in [2.24, 2.45) is 0 Å². The van der Waals surface area contributed by atoms with Crippen LogP contribution in [0.3, 0.4) is 0 Å². The van der Waals surface area contributed by atoms with Gasteiger partial charge in [0.2, 0.25) is 5.95 Å². The summed E-state index contributed by atoms with van der Waals surface area (Å²) in [5.74, 6) is 1.98. The van der Waals surface area contributed by atoms with Crippen LogP contribution < -0.4 is 9.64 Å². The number of hydrogen-bond acceptors (Lipinski definition) is 6. The normalized spacial score (nSPS) is 14.2. The van der Waals surface area contributed by atoms with Crippen molar-refractivity contribution in [3.8, 4) is 5.75 Å². The molecule has 29 heavy (non-hydrogen) atoms. The maximum atomic E-state index is 13.0. The molecule has 0 radical (unpaired) electrons. The van der Waals surface area contributed by atoms with E-state index in [4.69, 9.17) is 9.47 Å². The van der Waals surface area contributed by atoms with Crippen LogP contribution >= 0.6 is 11.8 Å². The molecule has 0 atom stereocenters. The highest BCUT2D eigenvalue weighted by atomic mass is 32.2. The van der Waals surface area contributed by atoms with Crippen molar-refractivity contribution in [3.05, 3.63) is 66.0 Å². The fraction of sp³-hybridized carbons (Fsp3) is 0.333. The van der Waals surface area contributed by atoms with Gasteiger partial charge in [0.05, 0.1) is 26.4 Å². The quantitative estimate of drug-likeness (QED) is 0.416. The van der Waals surface area contributed by atoms with Gasteiger partial charge in [-0.05, 0) is 29.8 Å². The number of thioether (sulfide) groups is 1. The first-order chi connectivity index (χ1) is 14.3. The van der Waals surface area contributed by atoms with Gasteiger partial charge in [0.1, 0.15) is 11.6 Å². The highest BCUT2D eigenvalue weighted by molar-refractivity contribution is 7.99. The molecule has 1 fully saturated rings.